The van der Waals surface area contributed by atoms with Crippen LogP contribution in [0.4, 0.5) is 0 Å². The summed E-state index contributed by atoms with van der Waals surface area (Å²) >= 11 is 1.48. The molecule has 2 aromatic heterocycles. The van der Waals surface area contributed by atoms with E-state index in [0.29, 0.717) is 18.8 Å². The molecule has 0 atom stereocenters. The minimum absolute atomic E-state index is 0.103. The predicted molar refractivity (Wildman–Crippen MR) is 93.3 cm³/mol. The van der Waals surface area contributed by atoms with Crippen LogP contribution in [0.15, 0.2) is 17.8 Å². The van der Waals surface area contributed by atoms with E-state index in [1.54, 1.807) is 22.0 Å². The first kappa shape index (κ1) is 17.9. The van der Waals surface area contributed by atoms with Gasteiger partial charge in [0, 0.05) is 50.8 Å². The summed E-state index contributed by atoms with van der Waals surface area (Å²) in [6.45, 7) is 6.16. The quantitative estimate of drug-likeness (QED) is 0.636. The number of piperazine rings is 1. The monoisotopic (exact) mass is 365 g/mol. The molecule has 25 heavy (non-hydrogen) atoms. The van der Waals surface area contributed by atoms with E-state index in [2.05, 4.69) is 25.5 Å². The molecule has 1 aliphatic rings. The van der Waals surface area contributed by atoms with Gasteiger partial charge in [0.05, 0.1) is 25.9 Å². The maximum atomic E-state index is 12.6. The second kappa shape index (κ2) is 8.99. The van der Waals surface area contributed by atoms with Crippen LogP contribution in [0.2, 0.25) is 0 Å². The molecule has 1 fully saturated rings. The minimum atomic E-state index is -0.238. The smallest absolute Gasteiger partial charge is 0.276 e. The number of nitrogens with zero attached hydrogens (tertiary/aromatic N) is 6. The molecule has 10 heteroatoms. The van der Waals surface area contributed by atoms with Crippen LogP contribution in [0.5, 0.6) is 0 Å². The summed E-state index contributed by atoms with van der Waals surface area (Å²) < 4.78 is 1.70. The molecule has 2 N–H and O–H groups in total. The maximum Gasteiger partial charge on any atom is 0.276 e. The summed E-state index contributed by atoms with van der Waals surface area (Å²) in [6, 6.07) is 0. The maximum absolute atomic E-state index is 12.6. The zero-order chi connectivity index (χ0) is 17.5. The van der Waals surface area contributed by atoms with Crippen molar-refractivity contribution < 1.29 is 9.90 Å². The van der Waals surface area contributed by atoms with Gasteiger partial charge in [0.25, 0.3) is 5.91 Å². The van der Waals surface area contributed by atoms with Crippen molar-refractivity contribution in [2.75, 3.05) is 45.9 Å². The lowest BCUT2D eigenvalue weighted by Gasteiger charge is -2.26. The van der Waals surface area contributed by atoms with E-state index in [-0.39, 0.29) is 19.1 Å². The second-order valence-electron chi connectivity index (χ2n) is 5.83. The van der Waals surface area contributed by atoms with Crippen molar-refractivity contribution in [3.05, 3.63) is 28.5 Å². The lowest BCUT2D eigenvalue weighted by molar-refractivity contribution is 0.0701. The van der Waals surface area contributed by atoms with Crippen LogP contribution in [0.25, 0.3) is 0 Å². The highest BCUT2D eigenvalue weighted by atomic mass is 32.1. The van der Waals surface area contributed by atoms with Gasteiger partial charge in [0.2, 0.25) is 0 Å². The second-order valence-corrected chi connectivity index (χ2v) is 6.81. The van der Waals surface area contributed by atoms with Gasteiger partial charge in [-0.25, -0.2) is 4.98 Å². The topological polar surface area (TPSA) is 99.4 Å². The minimum Gasteiger partial charge on any atom is -0.395 e. The average Bonchev–Trinajstić information content (AvgIpc) is 3.32. The Morgan fingerprint density at radius 2 is 2.20 bits per heavy atom. The third-order valence-corrected chi connectivity index (χ3v) is 4.84. The van der Waals surface area contributed by atoms with Gasteiger partial charge in [0.15, 0.2) is 5.69 Å². The molecule has 0 saturated carbocycles. The van der Waals surface area contributed by atoms with Crippen LogP contribution >= 0.6 is 11.3 Å². The van der Waals surface area contributed by atoms with Crippen molar-refractivity contribution in [2.45, 2.75) is 13.1 Å². The number of carbonyl (C=O) groups excluding carboxylic acids is 1. The third-order valence-electron chi connectivity index (χ3n) is 4.08. The first-order chi connectivity index (χ1) is 12.3. The SMILES string of the molecule is O=C(c1cn(CCN2CCNCC2)nn1)N(CCO)Cc1nccs1. The number of amides is 1. The molecule has 0 unspecified atom stereocenters. The highest BCUT2D eigenvalue weighted by Gasteiger charge is 2.20. The largest absolute Gasteiger partial charge is 0.395 e. The summed E-state index contributed by atoms with van der Waals surface area (Å²) in [5.74, 6) is -0.238. The fourth-order valence-electron chi connectivity index (χ4n) is 2.71. The Kier molecular flexibility index (Phi) is 6.45. The van der Waals surface area contributed by atoms with E-state index < -0.39 is 0 Å². The molecule has 0 bridgehead atoms. The number of nitrogens with one attached hydrogen (secondary N) is 1. The molecule has 0 radical (unpaired) electrons. The predicted octanol–water partition coefficient (Wildman–Crippen LogP) is -0.725. The van der Waals surface area contributed by atoms with Crippen LogP contribution in [-0.2, 0) is 13.1 Å². The van der Waals surface area contributed by atoms with Gasteiger partial charge >= 0.3 is 0 Å². The van der Waals surface area contributed by atoms with Crippen molar-refractivity contribution >= 4 is 17.2 Å². The molecule has 2 aromatic rings. The van der Waals surface area contributed by atoms with E-state index in [1.807, 2.05) is 5.38 Å². The van der Waals surface area contributed by atoms with Crippen molar-refractivity contribution in [3.63, 3.8) is 0 Å². The molecular formula is C15H23N7O2S. The van der Waals surface area contributed by atoms with Gasteiger partial charge in [-0.1, -0.05) is 5.21 Å². The van der Waals surface area contributed by atoms with E-state index in [4.69, 9.17) is 0 Å². The number of aliphatic hydroxyl groups is 1. The van der Waals surface area contributed by atoms with Crippen molar-refractivity contribution in [2.24, 2.45) is 0 Å². The lowest BCUT2D eigenvalue weighted by atomic mass is 10.3. The van der Waals surface area contributed by atoms with E-state index in [1.165, 1.54) is 11.3 Å². The number of thiazole rings is 1. The van der Waals surface area contributed by atoms with Crippen LogP contribution < -0.4 is 5.32 Å². The molecule has 1 saturated heterocycles. The molecule has 3 heterocycles. The zero-order valence-corrected chi connectivity index (χ0v) is 14.9. The van der Waals surface area contributed by atoms with E-state index in [0.717, 1.165) is 37.7 Å². The molecule has 1 aliphatic heterocycles. The number of aliphatic hydroxyl groups excluding tert-OH is 1. The van der Waals surface area contributed by atoms with Gasteiger partial charge in [-0.15, -0.1) is 16.4 Å². The normalized spacial score (nSPS) is 15.4. The summed E-state index contributed by atoms with van der Waals surface area (Å²) in [5.41, 5.74) is 0.297. The Morgan fingerprint density at radius 3 is 2.92 bits per heavy atom. The van der Waals surface area contributed by atoms with Gasteiger partial charge in [0.1, 0.15) is 5.01 Å². The van der Waals surface area contributed by atoms with E-state index in [9.17, 15) is 9.90 Å². The Hall–Kier alpha value is -1.88. The van der Waals surface area contributed by atoms with E-state index >= 15 is 0 Å². The molecular weight excluding hydrogens is 342 g/mol. The molecule has 9 nitrogen and oxygen atoms in total. The van der Waals surface area contributed by atoms with Crippen LogP contribution in [-0.4, -0.2) is 86.7 Å². The van der Waals surface area contributed by atoms with Crippen molar-refractivity contribution in [3.8, 4) is 0 Å². The van der Waals surface area contributed by atoms with Crippen LogP contribution in [0, 0.1) is 0 Å². The number of carbonyl (C=O) groups is 1. The summed E-state index contributed by atoms with van der Waals surface area (Å²) in [5, 5.41) is 23.3. The fraction of sp³-hybridized carbons (Fsp3) is 0.600. The Balaban J connectivity index is 1.57. The molecule has 136 valence electrons. The number of hydrogen-bond acceptors (Lipinski definition) is 8. The molecule has 0 aliphatic carbocycles. The zero-order valence-electron chi connectivity index (χ0n) is 14.0. The Bertz CT molecular complexity index is 655. The Morgan fingerprint density at radius 1 is 1.36 bits per heavy atom. The third kappa shape index (κ3) is 5.05. The van der Waals surface area contributed by atoms with Gasteiger partial charge in [-0.05, 0) is 0 Å². The van der Waals surface area contributed by atoms with Gasteiger partial charge in [-0.3, -0.25) is 14.4 Å². The summed E-state index contributed by atoms with van der Waals surface area (Å²) in [7, 11) is 0. The highest BCUT2D eigenvalue weighted by Crippen LogP contribution is 2.10. The fourth-order valence-corrected chi connectivity index (χ4v) is 3.34. The highest BCUT2D eigenvalue weighted by molar-refractivity contribution is 7.09. The lowest BCUT2D eigenvalue weighted by Crippen LogP contribution is -2.44. The van der Waals surface area contributed by atoms with Crippen LogP contribution in [0.3, 0.4) is 0 Å². The standard InChI is InChI=1S/C15H23N7O2S/c23-9-8-21(12-14-17-3-10-25-14)15(24)13-11-22(19-18-13)7-6-20-4-1-16-2-5-20/h3,10-11,16,23H,1-2,4-9,12H2. The summed E-state index contributed by atoms with van der Waals surface area (Å²) in [6.07, 6.45) is 3.38. The first-order valence-electron chi connectivity index (χ1n) is 8.38. The number of hydrogen-bond donors (Lipinski definition) is 2. The van der Waals surface area contributed by atoms with Gasteiger partial charge < -0.3 is 15.3 Å². The molecule has 1 amide bonds. The van der Waals surface area contributed by atoms with Crippen molar-refractivity contribution in [1.82, 2.24) is 35.1 Å². The molecule has 0 aromatic carbocycles. The van der Waals surface area contributed by atoms with Crippen molar-refractivity contribution in [1.29, 1.82) is 0 Å². The Labute approximate surface area is 150 Å². The van der Waals surface area contributed by atoms with Crippen LogP contribution in [0.1, 0.15) is 15.5 Å². The molecule has 3 rings (SSSR count). The molecule has 0 spiro atoms. The number of rotatable bonds is 8. The summed E-state index contributed by atoms with van der Waals surface area (Å²) in [4.78, 5) is 20.7. The van der Waals surface area contributed by atoms with Gasteiger partial charge in [-0.2, -0.15) is 0 Å². The first-order valence-corrected chi connectivity index (χ1v) is 9.26. The average molecular weight is 365 g/mol. The number of aromatic nitrogens is 4.